The SMILES string of the molecule is O=C(O)[C@@H]1C[C@@H](S(=O)(=O)c2ccc(OCC(F)(F)F)cc2C(F)(F)F)CN1C(=O)O. The molecule has 0 saturated carbocycles. The number of carboxylic acid groups (broad SMARTS) is 2. The highest BCUT2D eigenvalue weighted by atomic mass is 32.2. The van der Waals surface area contributed by atoms with Gasteiger partial charge in [-0.2, -0.15) is 26.3 Å². The van der Waals surface area contributed by atoms with Crippen LogP contribution in [0.3, 0.4) is 0 Å². The number of nitrogens with zero attached hydrogens (tertiary/aromatic N) is 1. The van der Waals surface area contributed by atoms with E-state index in [1.165, 1.54) is 0 Å². The molecule has 30 heavy (non-hydrogen) atoms. The molecule has 1 amide bonds. The number of likely N-dealkylation sites (tertiary alicyclic amines) is 1. The van der Waals surface area contributed by atoms with Crippen molar-refractivity contribution in [3.05, 3.63) is 23.8 Å². The van der Waals surface area contributed by atoms with Crippen LogP contribution in [-0.2, 0) is 20.8 Å². The minimum absolute atomic E-state index is 0.0806. The van der Waals surface area contributed by atoms with E-state index in [1.54, 1.807) is 0 Å². The second kappa shape index (κ2) is 7.85. The highest BCUT2D eigenvalue weighted by Crippen LogP contribution is 2.39. The van der Waals surface area contributed by atoms with E-state index in [-0.39, 0.29) is 11.0 Å². The van der Waals surface area contributed by atoms with Gasteiger partial charge in [0, 0.05) is 6.54 Å². The van der Waals surface area contributed by atoms with Crippen LogP contribution in [0.4, 0.5) is 31.1 Å². The molecule has 0 radical (unpaired) electrons. The molecule has 1 fully saturated rings. The number of alkyl halides is 6. The fraction of sp³-hybridized carbons (Fsp3) is 0.467. The van der Waals surface area contributed by atoms with Gasteiger partial charge >= 0.3 is 24.4 Å². The van der Waals surface area contributed by atoms with E-state index in [4.69, 9.17) is 10.2 Å². The molecule has 1 heterocycles. The average Bonchev–Trinajstić information content (AvgIpc) is 3.05. The van der Waals surface area contributed by atoms with Crippen molar-refractivity contribution in [1.82, 2.24) is 4.90 Å². The van der Waals surface area contributed by atoms with Crippen LogP contribution in [0, 0.1) is 0 Å². The van der Waals surface area contributed by atoms with Gasteiger partial charge in [0.2, 0.25) is 0 Å². The molecule has 168 valence electrons. The van der Waals surface area contributed by atoms with Gasteiger partial charge in [0.05, 0.1) is 15.7 Å². The van der Waals surface area contributed by atoms with Crippen LogP contribution < -0.4 is 4.74 Å². The van der Waals surface area contributed by atoms with Gasteiger partial charge in [-0.25, -0.2) is 18.0 Å². The number of ether oxygens (including phenoxy) is 1. The molecule has 0 unspecified atom stereocenters. The molecule has 0 aliphatic carbocycles. The first-order chi connectivity index (χ1) is 13.5. The van der Waals surface area contributed by atoms with Crippen LogP contribution in [0.15, 0.2) is 23.1 Å². The first kappa shape index (κ1) is 23.6. The number of halogens is 6. The smallest absolute Gasteiger partial charge is 0.422 e. The van der Waals surface area contributed by atoms with Gasteiger partial charge in [0.15, 0.2) is 16.4 Å². The molecular formula is C15H13F6NO7S. The van der Waals surface area contributed by atoms with Crippen molar-refractivity contribution in [2.24, 2.45) is 0 Å². The van der Waals surface area contributed by atoms with E-state index in [2.05, 4.69) is 4.74 Å². The van der Waals surface area contributed by atoms with E-state index in [0.29, 0.717) is 12.1 Å². The first-order valence-corrected chi connectivity index (χ1v) is 9.45. The maximum Gasteiger partial charge on any atom is 0.422 e. The number of carbonyl (C=O) groups is 2. The molecule has 0 aromatic heterocycles. The van der Waals surface area contributed by atoms with Gasteiger partial charge in [0.25, 0.3) is 0 Å². The van der Waals surface area contributed by atoms with Crippen LogP contribution in [-0.4, -0.2) is 66.2 Å². The van der Waals surface area contributed by atoms with Crippen molar-refractivity contribution in [2.75, 3.05) is 13.2 Å². The Balaban J connectivity index is 2.46. The Morgan fingerprint density at radius 1 is 1.13 bits per heavy atom. The van der Waals surface area contributed by atoms with Crippen molar-refractivity contribution in [1.29, 1.82) is 0 Å². The van der Waals surface area contributed by atoms with Gasteiger partial charge < -0.3 is 14.9 Å². The molecule has 1 aliphatic heterocycles. The second-order valence-corrected chi connectivity index (χ2v) is 8.45. The Labute approximate surface area is 164 Å². The zero-order valence-electron chi connectivity index (χ0n) is 14.6. The van der Waals surface area contributed by atoms with Crippen LogP contribution in [0.1, 0.15) is 12.0 Å². The van der Waals surface area contributed by atoms with Crippen LogP contribution in [0.2, 0.25) is 0 Å². The van der Waals surface area contributed by atoms with Crippen molar-refractivity contribution in [2.45, 2.75) is 35.0 Å². The Hall–Kier alpha value is -2.71. The van der Waals surface area contributed by atoms with E-state index in [0.717, 1.165) is 0 Å². The lowest BCUT2D eigenvalue weighted by atomic mass is 10.2. The van der Waals surface area contributed by atoms with Gasteiger partial charge in [-0.05, 0) is 24.6 Å². The largest absolute Gasteiger partial charge is 0.484 e. The minimum atomic E-state index is -5.31. The van der Waals surface area contributed by atoms with Crippen molar-refractivity contribution >= 4 is 21.9 Å². The average molecular weight is 465 g/mol. The topological polar surface area (TPSA) is 121 Å². The Bertz CT molecular complexity index is 922. The van der Waals surface area contributed by atoms with Crippen molar-refractivity contribution in [3.63, 3.8) is 0 Å². The number of rotatable bonds is 5. The molecule has 0 bridgehead atoms. The maximum atomic E-state index is 13.4. The summed E-state index contributed by atoms with van der Waals surface area (Å²) in [6.07, 6.45) is -12.7. The Morgan fingerprint density at radius 2 is 1.73 bits per heavy atom. The molecule has 2 atom stereocenters. The minimum Gasteiger partial charge on any atom is -0.484 e. The van der Waals surface area contributed by atoms with E-state index >= 15 is 0 Å². The molecule has 8 nitrogen and oxygen atoms in total. The lowest BCUT2D eigenvalue weighted by Crippen LogP contribution is -2.39. The highest BCUT2D eigenvalue weighted by Gasteiger charge is 2.48. The van der Waals surface area contributed by atoms with Gasteiger partial charge in [0.1, 0.15) is 11.8 Å². The fourth-order valence-corrected chi connectivity index (χ4v) is 4.77. The first-order valence-electron chi connectivity index (χ1n) is 7.91. The molecular weight excluding hydrogens is 452 g/mol. The zero-order chi connectivity index (χ0) is 23.1. The summed E-state index contributed by atoms with van der Waals surface area (Å²) in [4.78, 5) is 21.2. The highest BCUT2D eigenvalue weighted by molar-refractivity contribution is 7.92. The summed E-state index contributed by atoms with van der Waals surface area (Å²) < 4.78 is 106. The predicted molar refractivity (Wildman–Crippen MR) is 84.7 cm³/mol. The summed E-state index contributed by atoms with van der Waals surface area (Å²) in [5.41, 5.74) is -1.82. The molecule has 2 N–H and O–H groups in total. The standard InChI is InChI=1S/C15H13F6NO7S/c16-14(17,18)6-29-7-1-2-11(9(3-7)15(19,20)21)30(27,28)8-4-10(12(23)24)22(5-8)13(25)26/h1-3,8,10H,4-6H2,(H,23,24)(H,25,26)/t8-,10+/m1/s1. The number of amides is 1. The number of aliphatic carboxylic acids is 1. The number of hydrogen-bond donors (Lipinski definition) is 2. The van der Waals surface area contributed by atoms with Gasteiger partial charge in [-0.3, -0.25) is 4.90 Å². The molecule has 1 aromatic carbocycles. The monoisotopic (exact) mass is 465 g/mol. The summed E-state index contributed by atoms with van der Waals surface area (Å²) >= 11 is 0. The number of hydrogen-bond acceptors (Lipinski definition) is 5. The zero-order valence-corrected chi connectivity index (χ0v) is 15.4. The fourth-order valence-electron chi connectivity index (χ4n) is 2.88. The molecule has 1 saturated heterocycles. The van der Waals surface area contributed by atoms with E-state index < -0.39 is 81.3 Å². The third-order valence-corrected chi connectivity index (χ3v) is 6.39. The van der Waals surface area contributed by atoms with E-state index in [9.17, 15) is 44.3 Å². The van der Waals surface area contributed by atoms with Crippen molar-refractivity contribution in [3.8, 4) is 5.75 Å². The molecule has 1 aliphatic rings. The lowest BCUT2D eigenvalue weighted by molar-refractivity contribution is -0.153. The normalized spacial score (nSPS) is 20.3. The quantitative estimate of drug-likeness (QED) is 0.642. The van der Waals surface area contributed by atoms with E-state index in [1.807, 2.05) is 0 Å². The number of sulfone groups is 1. The third kappa shape index (κ3) is 5.06. The van der Waals surface area contributed by atoms with Crippen molar-refractivity contribution < 1.29 is 59.3 Å². The Kier molecular flexibility index (Phi) is 6.16. The molecule has 1 aromatic rings. The van der Waals surface area contributed by atoms with Crippen LogP contribution >= 0.6 is 0 Å². The summed E-state index contributed by atoms with van der Waals surface area (Å²) in [5, 5.41) is 16.2. The summed E-state index contributed by atoms with van der Waals surface area (Å²) in [5.74, 6) is -2.57. The summed E-state index contributed by atoms with van der Waals surface area (Å²) in [6, 6.07) is -0.724. The predicted octanol–water partition coefficient (Wildman–Crippen LogP) is 2.63. The van der Waals surface area contributed by atoms with Crippen LogP contribution in [0.25, 0.3) is 0 Å². The summed E-state index contributed by atoms with van der Waals surface area (Å²) in [7, 11) is -4.91. The van der Waals surface area contributed by atoms with Gasteiger partial charge in [-0.15, -0.1) is 0 Å². The lowest BCUT2D eigenvalue weighted by Gasteiger charge is -2.19. The van der Waals surface area contributed by atoms with Crippen LogP contribution in [0.5, 0.6) is 5.75 Å². The Morgan fingerprint density at radius 3 is 2.17 bits per heavy atom. The molecule has 0 spiro atoms. The third-order valence-electron chi connectivity index (χ3n) is 4.20. The van der Waals surface area contributed by atoms with Gasteiger partial charge in [-0.1, -0.05) is 0 Å². The summed E-state index contributed by atoms with van der Waals surface area (Å²) in [6.45, 7) is -2.80. The number of benzene rings is 1. The molecule has 15 heteroatoms. The maximum absolute atomic E-state index is 13.4. The second-order valence-electron chi connectivity index (χ2n) is 6.25. The molecule has 2 rings (SSSR count). The number of carboxylic acids is 1.